The second-order valence-corrected chi connectivity index (χ2v) is 3.00. The summed E-state index contributed by atoms with van der Waals surface area (Å²) in [5.74, 6) is -1.25. The highest BCUT2D eigenvalue weighted by Gasteiger charge is 2.09. The summed E-state index contributed by atoms with van der Waals surface area (Å²) < 4.78 is 17.5. The molecule has 0 aliphatic carbocycles. The standard InChI is InChI=1S/C8H4ClFN2O2/c9-4-1-2-5(6(10)3-4)7-11-8(13)14-12-7/h1-3H,(H,11,12,13). The number of aromatic nitrogens is 2. The molecule has 0 aliphatic rings. The highest BCUT2D eigenvalue weighted by molar-refractivity contribution is 6.30. The van der Waals surface area contributed by atoms with Crippen LogP contribution in [0.5, 0.6) is 0 Å². The van der Waals surface area contributed by atoms with Gasteiger partial charge in [-0.2, -0.15) is 0 Å². The second kappa shape index (κ2) is 3.26. The van der Waals surface area contributed by atoms with Crippen LogP contribution in [0.3, 0.4) is 0 Å². The molecule has 0 atom stereocenters. The first-order chi connectivity index (χ1) is 6.66. The zero-order valence-electron chi connectivity index (χ0n) is 6.75. The van der Waals surface area contributed by atoms with Crippen LogP contribution in [0, 0.1) is 5.82 Å². The normalized spacial score (nSPS) is 10.4. The van der Waals surface area contributed by atoms with Crippen LogP contribution in [0.4, 0.5) is 4.39 Å². The number of rotatable bonds is 1. The minimum atomic E-state index is -0.727. The molecule has 1 heterocycles. The van der Waals surface area contributed by atoms with Gasteiger partial charge in [0, 0.05) is 5.02 Å². The van der Waals surface area contributed by atoms with Gasteiger partial charge in [-0.3, -0.25) is 9.51 Å². The first kappa shape index (κ1) is 8.96. The van der Waals surface area contributed by atoms with Gasteiger partial charge in [0.05, 0.1) is 5.56 Å². The minimum absolute atomic E-state index is 0.0455. The molecule has 1 aromatic carbocycles. The number of hydrogen-bond donors (Lipinski definition) is 1. The Kier molecular flexibility index (Phi) is 2.09. The number of halogens is 2. The third-order valence-electron chi connectivity index (χ3n) is 1.63. The van der Waals surface area contributed by atoms with Crippen molar-refractivity contribution in [3.8, 4) is 11.4 Å². The van der Waals surface area contributed by atoms with Gasteiger partial charge in [0.2, 0.25) is 0 Å². The van der Waals surface area contributed by atoms with Crippen LogP contribution in [0.25, 0.3) is 11.4 Å². The molecule has 0 unspecified atom stereocenters. The summed E-state index contributed by atoms with van der Waals surface area (Å²) in [6, 6.07) is 4.03. The molecule has 1 aromatic heterocycles. The second-order valence-electron chi connectivity index (χ2n) is 2.57. The van der Waals surface area contributed by atoms with Crippen molar-refractivity contribution in [3.63, 3.8) is 0 Å². The highest BCUT2D eigenvalue weighted by atomic mass is 35.5. The van der Waals surface area contributed by atoms with E-state index in [4.69, 9.17) is 11.6 Å². The summed E-state index contributed by atoms with van der Waals surface area (Å²) in [6.45, 7) is 0. The lowest BCUT2D eigenvalue weighted by atomic mass is 10.2. The van der Waals surface area contributed by atoms with Crippen LogP contribution in [-0.2, 0) is 0 Å². The van der Waals surface area contributed by atoms with Crippen molar-refractivity contribution in [2.75, 3.05) is 0 Å². The van der Waals surface area contributed by atoms with E-state index in [0.717, 1.165) is 6.07 Å². The Morgan fingerprint density at radius 3 is 2.86 bits per heavy atom. The number of hydrogen-bond acceptors (Lipinski definition) is 3. The molecule has 2 rings (SSSR count). The topological polar surface area (TPSA) is 58.9 Å². The first-order valence-corrected chi connectivity index (χ1v) is 4.06. The molecular formula is C8H4ClFN2O2. The number of nitrogens with zero attached hydrogens (tertiary/aromatic N) is 1. The van der Waals surface area contributed by atoms with Gasteiger partial charge in [-0.1, -0.05) is 16.8 Å². The van der Waals surface area contributed by atoms with Gasteiger partial charge in [0.15, 0.2) is 5.82 Å². The quantitative estimate of drug-likeness (QED) is 0.788. The summed E-state index contributed by atoms with van der Waals surface area (Å²) in [5, 5.41) is 3.63. The maximum Gasteiger partial charge on any atom is 0.439 e. The van der Waals surface area contributed by atoms with Crippen LogP contribution < -0.4 is 5.76 Å². The van der Waals surface area contributed by atoms with E-state index in [1.807, 2.05) is 0 Å². The molecule has 4 nitrogen and oxygen atoms in total. The van der Waals surface area contributed by atoms with Crippen molar-refractivity contribution < 1.29 is 8.91 Å². The number of benzene rings is 1. The van der Waals surface area contributed by atoms with E-state index in [2.05, 4.69) is 14.7 Å². The van der Waals surface area contributed by atoms with Crippen molar-refractivity contribution in [2.24, 2.45) is 0 Å². The van der Waals surface area contributed by atoms with Crippen molar-refractivity contribution in [1.29, 1.82) is 0 Å². The van der Waals surface area contributed by atoms with E-state index in [9.17, 15) is 9.18 Å². The van der Waals surface area contributed by atoms with Gasteiger partial charge < -0.3 is 0 Å². The average molecular weight is 215 g/mol. The summed E-state index contributed by atoms with van der Waals surface area (Å²) in [6.07, 6.45) is 0. The van der Waals surface area contributed by atoms with E-state index >= 15 is 0 Å². The van der Waals surface area contributed by atoms with Crippen LogP contribution in [-0.4, -0.2) is 10.1 Å². The predicted molar refractivity (Wildman–Crippen MR) is 47.5 cm³/mol. The van der Waals surface area contributed by atoms with Gasteiger partial charge in [0.25, 0.3) is 0 Å². The molecule has 72 valence electrons. The summed E-state index contributed by atoms with van der Waals surface area (Å²) in [5.41, 5.74) is 0.139. The lowest BCUT2D eigenvalue weighted by Gasteiger charge is -1.97. The predicted octanol–water partition coefficient (Wildman–Crippen LogP) is 1.82. The van der Waals surface area contributed by atoms with Crippen molar-refractivity contribution >= 4 is 11.6 Å². The Morgan fingerprint density at radius 1 is 1.50 bits per heavy atom. The van der Waals surface area contributed by atoms with Crippen molar-refractivity contribution in [3.05, 3.63) is 39.6 Å². The van der Waals surface area contributed by atoms with E-state index in [1.54, 1.807) is 0 Å². The Bertz CT molecular complexity index is 520. The smallest absolute Gasteiger partial charge is 0.296 e. The average Bonchev–Trinajstić information content (AvgIpc) is 2.51. The van der Waals surface area contributed by atoms with Gasteiger partial charge >= 0.3 is 5.76 Å². The molecule has 0 radical (unpaired) electrons. The monoisotopic (exact) mass is 214 g/mol. The molecular weight excluding hydrogens is 211 g/mol. The highest BCUT2D eigenvalue weighted by Crippen LogP contribution is 2.21. The zero-order chi connectivity index (χ0) is 10.1. The molecule has 0 aliphatic heterocycles. The molecule has 1 N–H and O–H groups in total. The van der Waals surface area contributed by atoms with Crippen molar-refractivity contribution in [2.45, 2.75) is 0 Å². The Hall–Kier alpha value is -1.62. The molecule has 14 heavy (non-hydrogen) atoms. The van der Waals surface area contributed by atoms with Crippen LogP contribution in [0.15, 0.2) is 27.5 Å². The van der Waals surface area contributed by atoms with Crippen LogP contribution >= 0.6 is 11.6 Å². The van der Waals surface area contributed by atoms with E-state index in [0.29, 0.717) is 0 Å². The first-order valence-electron chi connectivity index (χ1n) is 3.68. The maximum atomic E-state index is 13.3. The molecule has 2 aromatic rings. The fourth-order valence-corrected chi connectivity index (χ4v) is 1.19. The molecule has 0 saturated heterocycles. The van der Waals surface area contributed by atoms with E-state index in [1.165, 1.54) is 12.1 Å². The Labute approximate surface area is 82.3 Å². The molecule has 0 saturated carbocycles. The maximum absolute atomic E-state index is 13.3. The summed E-state index contributed by atoms with van der Waals surface area (Å²) in [7, 11) is 0. The number of nitrogens with one attached hydrogen (secondary N) is 1. The third kappa shape index (κ3) is 1.54. The molecule has 0 bridgehead atoms. The largest absolute Gasteiger partial charge is 0.439 e. The lowest BCUT2D eigenvalue weighted by molar-refractivity contribution is 0.387. The summed E-state index contributed by atoms with van der Waals surface area (Å²) >= 11 is 5.55. The minimum Gasteiger partial charge on any atom is -0.296 e. The molecule has 6 heteroatoms. The van der Waals surface area contributed by atoms with Gasteiger partial charge in [-0.05, 0) is 18.2 Å². The number of H-pyrrole nitrogens is 1. The fourth-order valence-electron chi connectivity index (χ4n) is 1.03. The third-order valence-corrected chi connectivity index (χ3v) is 1.86. The van der Waals surface area contributed by atoms with Crippen LogP contribution in [0.1, 0.15) is 0 Å². The lowest BCUT2D eigenvalue weighted by Crippen LogP contribution is -1.95. The molecule has 0 amide bonds. The van der Waals surface area contributed by atoms with Gasteiger partial charge in [-0.25, -0.2) is 9.18 Å². The van der Waals surface area contributed by atoms with Crippen molar-refractivity contribution in [1.82, 2.24) is 10.1 Å². The van der Waals surface area contributed by atoms with Crippen LogP contribution in [0.2, 0.25) is 5.02 Å². The van der Waals surface area contributed by atoms with Gasteiger partial charge in [0.1, 0.15) is 5.82 Å². The fraction of sp³-hybridized carbons (Fsp3) is 0. The Balaban J connectivity index is 2.57. The zero-order valence-corrected chi connectivity index (χ0v) is 7.51. The SMILES string of the molecule is O=c1[nH]c(-c2ccc(Cl)cc2F)no1. The number of aromatic amines is 1. The summed E-state index contributed by atoms with van der Waals surface area (Å²) in [4.78, 5) is 12.8. The molecule has 0 spiro atoms. The van der Waals surface area contributed by atoms with Gasteiger partial charge in [-0.15, -0.1) is 0 Å². The van der Waals surface area contributed by atoms with E-state index < -0.39 is 11.6 Å². The Morgan fingerprint density at radius 2 is 2.29 bits per heavy atom. The molecule has 0 fully saturated rings. The van der Waals surface area contributed by atoms with E-state index in [-0.39, 0.29) is 16.4 Å².